The molecule has 1 aliphatic rings. The highest BCUT2D eigenvalue weighted by atomic mass is 16.6. The smallest absolute Gasteiger partial charge is 0.418 e. The summed E-state index contributed by atoms with van der Waals surface area (Å²) in [5.74, 6) is 0. The van der Waals surface area contributed by atoms with Crippen molar-refractivity contribution in [2.24, 2.45) is 0 Å². The minimum Gasteiger partial charge on any atom is -0.452 e. The number of aliphatic hydroxyl groups excluding tert-OH is 1. The number of hydrogen-bond donors (Lipinski definition) is 1. The van der Waals surface area contributed by atoms with Crippen LogP contribution in [-0.4, -0.2) is 29.6 Å². The Morgan fingerprint density at radius 2 is 2.60 bits per heavy atom. The van der Waals surface area contributed by atoms with E-state index in [1.54, 1.807) is 0 Å². The highest BCUT2D eigenvalue weighted by Crippen LogP contribution is 2.08. The first-order valence-corrected chi connectivity index (χ1v) is 2.62. The second-order valence-electron chi connectivity index (χ2n) is 1.62. The fourth-order valence-corrected chi connectivity index (χ4v) is 0.567. The summed E-state index contributed by atoms with van der Waals surface area (Å²) in [5.41, 5.74) is 0. The molecule has 5 nitrogen and oxygen atoms in total. The maximum absolute atomic E-state index is 10.6. The van der Waals surface area contributed by atoms with Crippen LogP contribution in [0.5, 0.6) is 0 Å². The number of aliphatic hydroxyl groups is 1. The van der Waals surface area contributed by atoms with E-state index in [-0.39, 0.29) is 0 Å². The lowest BCUT2D eigenvalue weighted by atomic mass is 10.8. The molecule has 1 N–H and O–H groups in total. The first-order valence-electron chi connectivity index (χ1n) is 2.62. The normalized spacial score (nSPS) is 22.6. The zero-order valence-electron chi connectivity index (χ0n) is 5.35. The molecular formula is C5H7NO4. The number of carbonyl (C=O) groups excluding carboxylic acids is 1. The van der Waals surface area contributed by atoms with Gasteiger partial charge in [-0.05, 0) is 0 Å². The molecule has 0 aromatic rings. The third-order valence-electron chi connectivity index (χ3n) is 1.05. The molecule has 1 heterocycles. The van der Waals surface area contributed by atoms with Crippen molar-refractivity contribution in [3.05, 3.63) is 12.5 Å². The summed E-state index contributed by atoms with van der Waals surface area (Å²) < 4.78 is 8.79. The Hall–Kier alpha value is -1.23. The summed E-state index contributed by atoms with van der Waals surface area (Å²) >= 11 is 0. The molecule has 0 aromatic heterocycles. The van der Waals surface area contributed by atoms with Gasteiger partial charge in [0.25, 0.3) is 6.41 Å². The predicted molar refractivity (Wildman–Crippen MR) is 30.5 cm³/mol. The van der Waals surface area contributed by atoms with E-state index in [1.807, 2.05) is 0 Å². The Morgan fingerprint density at radius 1 is 1.90 bits per heavy atom. The molecule has 0 radical (unpaired) electrons. The van der Waals surface area contributed by atoms with Crippen LogP contribution in [0, 0.1) is 0 Å². The number of nitrogens with zero attached hydrogens (tertiary/aromatic N) is 1. The average Bonchev–Trinajstić information content (AvgIpc) is 2.34. The molecule has 1 amide bonds. The molecule has 0 aliphatic carbocycles. The van der Waals surface area contributed by atoms with Crippen molar-refractivity contribution in [2.75, 3.05) is 7.11 Å². The summed E-state index contributed by atoms with van der Waals surface area (Å²) in [7, 11) is 1.22. The van der Waals surface area contributed by atoms with Crippen LogP contribution in [0.3, 0.4) is 0 Å². The van der Waals surface area contributed by atoms with Crippen LogP contribution >= 0.6 is 0 Å². The van der Waals surface area contributed by atoms with Gasteiger partial charge in [0.15, 0.2) is 0 Å². The monoisotopic (exact) mass is 145 g/mol. The first-order chi connectivity index (χ1) is 4.75. The standard InChI is InChI=1S/C5H7NO4/c1-9-4(7)6-2-3-10-5(6)8/h2-3,5,8H,1H3. The van der Waals surface area contributed by atoms with Crippen LogP contribution in [0.1, 0.15) is 0 Å². The van der Waals surface area contributed by atoms with Gasteiger partial charge in [0.2, 0.25) is 0 Å². The van der Waals surface area contributed by atoms with E-state index < -0.39 is 12.5 Å². The van der Waals surface area contributed by atoms with Gasteiger partial charge in [0.1, 0.15) is 6.26 Å². The molecule has 1 atom stereocenters. The Morgan fingerprint density at radius 3 is 3.00 bits per heavy atom. The molecule has 0 bridgehead atoms. The van der Waals surface area contributed by atoms with E-state index in [9.17, 15) is 4.79 Å². The van der Waals surface area contributed by atoms with Crippen LogP contribution in [-0.2, 0) is 9.47 Å². The van der Waals surface area contributed by atoms with Gasteiger partial charge < -0.3 is 14.6 Å². The summed E-state index contributed by atoms with van der Waals surface area (Å²) in [6.07, 6.45) is 0.603. The van der Waals surface area contributed by atoms with Gasteiger partial charge >= 0.3 is 6.09 Å². The highest BCUT2D eigenvalue weighted by molar-refractivity contribution is 5.68. The summed E-state index contributed by atoms with van der Waals surface area (Å²) in [6, 6.07) is 0. The van der Waals surface area contributed by atoms with Gasteiger partial charge in [-0.15, -0.1) is 0 Å². The van der Waals surface area contributed by atoms with Gasteiger partial charge in [0.05, 0.1) is 13.3 Å². The minimum absolute atomic E-state index is 0.652. The number of carbonyl (C=O) groups is 1. The third kappa shape index (κ3) is 1.03. The number of ether oxygens (including phenoxy) is 2. The van der Waals surface area contributed by atoms with Gasteiger partial charge in [-0.1, -0.05) is 0 Å². The average molecular weight is 145 g/mol. The Labute approximate surface area is 57.4 Å². The van der Waals surface area contributed by atoms with Crippen molar-refractivity contribution in [1.82, 2.24) is 4.90 Å². The van der Waals surface area contributed by atoms with Crippen molar-refractivity contribution < 1.29 is 19.4 Å². The molecule has 1 rings (SSSR count). The topological polar surface area (TPSA) is 59.0 Å². The zero-order chi connectivity index (χ0) is 7.56. The molecule has 0 spiro atoms. The minimum atomic E-state index is -1.24. The van der Waals surface area contributed by atoms with Crippen molar-refractivity contribution in [3.63, 3.8) is 0 Å². The molecule has 1 aliphatic heterocycles. The number of amides is 1. The maximum atomic E-state index is 10.6. The molecule has 10 heavy (non-hydrogen) atoms. The van der Waals surface area contributed by atoms with E-state index in [1.165, 1.54) is 19.6 Å². The van der Waals surface area contributed by atoms with Gasteiger partial charge in [-0.25, -0.2) is 9.69 Å². The van der Waals surface area contributed by atoms with Gasteiger partial charge in [-0.3, -0.25) is 0 Å². The number of methoxy groups -OCH3 is 1. The summed E-state index contributed by atoms with van der Waals surface area (Å²) in [4.78, 5) is 11.6. The predicted octanol–water partition coefficient (Wildman–Crippen LogP) is -0.168. The molecule has 5 heteroatoms. The van der Waals surface area contributed by atoms with Crippen molar-refractivity contribution in [2.45, 2.75) is 6.41 Å². The summed E-state index contributed by atoms with van der Waals surface area (Å²) in [5, 5.41) is 8.83. The molecule has 1 unspecified atom stereocenters. The third-order valence-corrected chi connectivity index (χ3v) is 1.05. The second-order valence-corrected chi connectivity index (χ2v) is 1.62. The van der Waals surface area contributed by atoms with Crippen LogP contribution in [0.4, 0.5) is 4.79 Å². The lowest BCUT2D eigenvalue weighted by Crippen LogP contribution is -2.33. The fourth-order valence-electron chi connectivity index (χ4n) is 0.567. The Bertz CT molecular complexity index is 167. The van der Waals surface area contributed by atoms with E-state index in [2.05, 4.69) is 9.47 Å². The molecule has 56 valence electrons. The van der Waals surface area contributed by atoms with E-state index in [4.69, 9.17) is 5.11 Å². The van der Waals surface area contributed by atoms with E-state index >= 15 is 0 Å². The zero-order valence-corrected chi connectivity index (χ0v) is 5.35. The molecule has 0 aromatic carbocycles. The quantitative estimate of drug-likeness (QED) is 0.514. The SMILES string of the molecule is COC(=O)N1C=COC1O. The van der Waals surface area contributed by atoms with Crippen molar-refractivity contribution in [3.8, 4) is 0 Å². The van der Waals surface area contributed by atoms with Gasteiger partial charge in [-0.2, -0.15) is 0 Å². The molecule has 0 saturated carbocycles. The van der Waals surface area contributed by atoms with E-state index in [0.717, 1.165) is 4.90 Å². The van der Waals surface area contributed by atoms with E-state index in [0.29, 0.717) is 0 Å². The molecular weight excluding hydrogens is 138 g/mol. The fraction of sp³-hybridized carbons (Fsp3) is 0.400. The largest absolute Gasteiger partial charge is 0.452 e. The van der Waals surface area contributed by atoms with Crippen LogP contribution in [0.2, 0.25) is 0 Å². The van der Waals surface area contributed by atoms with Crippen LogP contribution in [0.15, 0.2) is 12.5 Å². The number of hydrogen-bond acceptors (Lipinski definition) is 4. The lowest BCUT2D eigenvalue weighted by Gasteiger charge is -2.14. The molecule has 0 saturated heterocycles. The van der Waals surface area contributed by atoms with Crippen LogP contribution in [0.25, 0.3) is 0 Å². The highest BCUT2D eigenvalue weighted by Gasteiger charge is 2.24. The molecule has 0 fully saturated rings. The first kappa shape index (κ1) is 6.88. The van der Waals surface area contributed by atoms with Crippen molar-refractivity contribution in [1.29, 1.82) is 0 Å². The Kier molecular flexibility index (Phi) is 1.77. The Balaban J connectivity index is 2.55. The van der Waals surface area contributed by atoms with Gasteiger partial charge in [0, 0.05) is 0 Å². The second kappa shape index (κ2) is 2.57. The van der Waals surface area contributed by atoms with Crippen LogP contribution < -0.4 is 0 Å². The number of rotatable bonds is 0. The maximum Gasteiger partial charge on any atom is 0.418 e. The lowest BCUT2D eigenvalue weighted by molar-refractivity contribution is -0.108. The van der Waals surface area contributed by atoms with Crippen molar-refractivity contribution >= 4 is 6.09 Å². The summed E-state index contributed by atoms with van der Waals surface area (Å²) in [6.45, 7) is 0.